The van der Waals surface area contributed by atoms with E-state index in [2.05, 4.69) is 5.32 Å². The fourth-order valence-corrected chi connectivity index (χ4v) is 2.77. The zero-order valence-corrected chi connectivity index (χ0v) is 12.9. The van der Waals surface area contributed by atoms with Crippen LogP contribution in [0.3, 0.4) is 0 Å². The molecular weight excluding hydrogens is 302 g/mol. The number of hydrogen-bond acceptors (Lipinski definition) is 5. The van der Waals surface area contributed by atoms with Crippen molar-refractivity contribution in [1.82, 2.24) is 0 Å². The largest absolute Gasteiger partial charge is 0.469 e. The van der Waals surface area contributed by atoms with Gasteiger partial charge in [0.15, 0.2) is 6.54 Å². The predicted molar refractivity (Wildman–Crippen MR) is 82.0 cm³/mol. The maximum atomic E-state index is 12.1. The smallest absolute Gasteiger partial charge is 0.309 e. The molecule has 0 saturated carbocycles. The Labute approximate surface area is 133 Å². The van der Waals surface area contributed by atoms with Gasteiger partial charge in [0.2, 0.25) is 0 Å². The second kappa shape index (κ2) is 7.68. The van der Waals surface area contributed by atoms with Gasteiger partial charge in [0.1, 0.15) is 5.69 Å². The van der Waals surface area contributed by atoms with E-state index >= 15 is 0 Å². The van der Waals surface area contributed by atoms with Crippen LogP contribution in [0.2, 0.25) is 0 Å². The molecule has 0 aliphatic carbocycles. The van der Waals surface area contributed by atoms with Gasteiger partial charge in [-0.15, -0.1) is 0 Å². The van der Waals surface area contributed by atoms with Crippen molar-refractivity contribution in [3.63, 3.8) is 0 Å². The zero-order valence-electron chi connectivity index (χ0n) is 12.9. The Hall–Kier alpha value is -2.48. The molecule has 0 radical (unpaired) electrons. The molecular formula is C15H20N3O5+. The fraction of sp³-hybridized carbons (Fsp3) is 0.467. The van der Waals surface area contributed by atoms with Crippen LogP contribution in [0, 0.1) is 16.0 Å². The summed E-state index contributed by atoms with van der Waals surface area (Å²) in [6.45, 7) is 1.62. The third-order valence-electron chi connectivity index (χ3n) is 4.01. The van der Waals surface area contributed by atoms with Crippen LogP contribution in [-0.4, -0.2) is 43.5 Å². The molecule has 1 amide bonds. The lowest BCUT2D eigenvalue weighted by Crippen LogP contribution is -3.14. The Balaban J connectivity index is 1.87. The van der Waals surface area contributed by atoms with E-state index < -0.39 is 4.92 Å². The molecule has 23 heavy (non-hydrogen) atoms. The van der Waals surface area contributed by atoms with Crippen molar-refractivity contribution in [2.75, 3.05) is 32.1 Å². The van der Waals surface area contributed by atoms with E-state index in [-0.39, 0.29) is 35.7 Å². The van der Waals surface area contributed by atoms with Gasteiger partial charge in [0.05, 0.1) is 31.0 Å². The Kier molecular flexibility index (Phi) is 5.64. The standard InChI is InChI=1S/C15H19N3O5/c1-23-15(20)11-6-8-17(9-7-11)10-14(19)16-12-4-2-3-5-13(12)18(21)22/h2-5,11H,6-10H2,1H3,(H,16,19)/p+1. The number of rotatable bonds is 5. The van der Waals surface area contributed by atoms with Crippen LogP contribution in [0.4, 0.5) is 11.4 Å². The first-order valence-corrected chi connectivity index (χ1v) is 7.46. The number of likely N-dealkylation sites (tertiary alicyclic amines) is 1. The molecule has 8 heteroatoms. The maximum absolute atomic E-state index is 12.1. The summed E-state index contributed by atoms with van der Waals surface area (Å²) in [5.41, 5.74) is 0.0756. The minimum absolute atomic E-state index is 0.0954. The van der Waals surface area contributed by atoms with Gasteiger partial charge < -0.3 is 15.0 Å². The van der Waals surface area contributed by atoms with E-state index in [1.807, 2.05) is 0 Å². The van der Waals surface area contributed by atoms with Gasteiger partial charge in [0.25, 0.3) is 11.6 Å². The number of esters is 1. The fourth-order valence-electron chi connectivity index (χ4n) is 2.77. The number of carbonyl (C=O) groups excluding carboxylic acids is 2. The molecule has 124 valence electrons. The highest BCUT2D eigenvalue weighted by Crippen LogP contribution is 2.22. The number of ether oxygens (including phenoxy) is 1. The molecule has 0 unspecified atom stereocenters. The summed E-state index contributed by atoms with van der Waals surface area (Å²) in [5, 5.41) is 13.5. The van der Waals surface area contributed by atoms with Gasteiger partial charge in [0, 0.05) is 18.9 Å². The minimum Gasteiger partial charge on any atom is -0.469 e. The van der Waals surface area contributed by atoms with Gasteiger partial charge in [-0.25, -0.2) is 0 Å². The normalized spacial score (nSPS) is 20.6. The van der Waals surface area contributed by atoms with Crippen molar-refractivity contribution >= 4 is 23.3 Å². The van der Waals surface area contributed by atoms with E-state index in [4.69, 9.17) is 4.74 Å². The third-order valence-corrected chi connectivity index (χ3v) is 4.01. The van der Waals surface area contributed by atoms with Crippen molar-refractivity contribution in [1.29, 1.82) is 0 Å². The SMILES string of the molecule is COC(=O)C1CC[NH+](CC(=O)Nc2ccccc2[N+](=O)[O-])CC1. The van der Waals surface area contributed by atoms with Gasteiger partial charge in [-0.2, -0.15) is 0 Å². The molecule has 1 fully saturated rings. The van der Waals surface area contributed by atoms with E-state index in [9.17, 15) is 19.7 Å². The molecule has 1 aliphatic rings. The molecule has 1 aromatic rings. The van der Waals surface area contributed by atoms with Crippen LogP contribution in [-0.2, 0) is 14.3 Å². The minimum atomic E-state index is -0.523. The Morgan fingerprint density at radius 1 is 1.35 bits per heavy atom. The van der Waals surface area contributed by atoms with E-state index in [1.54, 1.807) is 12.1 Å². The molecule has 1 aromatic carbocycles. The average Bonchev–Trinajstić information content (AvgIpc) is 2.55. The lowest BCUT2D eigenvalue weighted by atomic mass is 9.97. The quantitative estimate of drug-likeness (QED) is 0.451. The summed E-state index contributed by atoms with van der Waals surface area (Å²) in [7, 11) is 1.38. The second-order valence-electron chi connectivity index (χ2n) is 5.55. The van der Waals surface area contributed by atoms with E-state index in [0.29, 0.717) is 25.9 Å². The number of carbonyl (C=O) groups is 2. The van der Waals surface area contributed by atoms with Gasteiger partial charge in [-0.3, -0.25) is 19.7 Å². The molecule has 1 saturated heterocycles. The molecule has 0 spiro atoms. The summed E-state index contributed by atoms with van der Waals surface area (Å²) in [6.07, 6.45) is 1.36. The molecule has 0 aromatic heterocycles. The lowest BCUT2D eigenvalue weighted by Gasteiger charge is -2.27. The lowest BCUT2D eigenvalue weighted by molar-refractivity contribution is -0.897. The van der Waals surface area contributed by atoms with Crippen LogP contribution in [0.15, 0.2) is 24.3 Å². The maximum Gasteiger partial charge on any atom is 0.309 e. The molecule has 1 aliphatic heterocycles. The first-order valence-electron chi connectivity index (χ1n) is 7.46. The first-order chi connectivity index (χ1) is 11.0. The average molecular weight is 322 g/mol. The number of nitrogens with zero attached hydrogens (tertiary/aromatic N) is 1. The Morgan fingerprint density at radius 3 is 2.61 bits per heavy atom. The summed E-state index contributed by atoms with van der Waals surface area (Å²) < 4.78 is 4.73. The number of nitrogens with one attached hydrogen (secondary N) is 2. The predicted octanol–water partition coefficient (Wildman–Crippen LogP) is 0.00120. The van der Waals surface area contributed by atoms with Crippen LogP contribution < -0.4 is 10.2 Å². The van der Waals surface area contributed by atoms with Crippen molar-refractivity contribution in [2.45, 2.75) is 12.8 Å². The number of methoxy groups -OCH3 is 1. The number of anilines is 1. The Morgan fingerprint density at radius 2 is 2.00 bits per heavy atom. The monoisotopic (exact) mass is 322 g/mol. The van der Waals surface area contributed by atoms with E-state index in [0.717, 1.165) is 4.90 Å². The number of benzene rings is 1. The van der Waals surface area contributed by atoms with Gasteiger partial charge in [-0.1, -0.05) is 12.1 Å². The topological polar surface area (TPSA) is 103 Å². The molecule has 2 N–H and O–H groups in total. The molecule has 8 nitrogen and oxygen atoms in total. The van der Waals surface area contributed by atoms with Crippen molar-refractivity contribution in [3.05, 3.63) is 34.4 Å². The summed E-state index contributed by atoms with van der Waals surface area (Å²) in [6, 6.07) is 6.05. The van der Waals surface area contributed by atoms with E-state index in [1.165, 1.54) is 19.2 Å². The summed E-state index contributed by atoms with van der Waals surface area (Å²) >= 11 is 0. The number of para-hydroxylation sites is 2. The highest BCUT2D eigenvalue weighted by atomic mass is 16.6. The Bertz CT molecular complexity index is 597. The van der Waals surface area contributed by atoms with Crippen molar-refractivity contribution in [2.24, 2.45) is 5.92 Å². The van der Waals surface area contributed by atoms with Crippen LogP contribution in [0.1, 0.15) is 12.8 Å². The van der Waals surface area contributed by atoms with Gasteiger partial charge >= 0.3 is 5.97 Å². The number of amides is 1. The zero-order chi connectivity index (χ0) is 16.8. The molecule has 0 atom stereocenters. The summed E-state index contributed by atoms with van der Waals surface area (Å²) in [5.74, 6) is -0.568. The molecule has 0 bridgehead atoms. The van der Waals surface area contributed by atoms with Crippen LogP contribution >= 0.6 is 0 Å². The number of quaternary nitrogens is 1. The summed E-state index contributed by atoms with van der Waals surface area (Å²) in [4.78, 5) is 35.0. The third kappa shape index (κ3) is 4.49. The molecule has 2 rings (SSSR count). The second-order valence-corrected chi connectivity index (χ2v) is 5.55. The highest BCUT2D eigenvalue weighted by Gasteiger charge is 2.29. The van der Waals surface area contributed by atoms with Gasteiger partial charge in [-0.05, 0) is 6.07 Å². The number of nitro groups is 1. The van der Waals surface area contributed by atoms with Crippen molar-refractivity contribution in [3.8, 4) is 0 Å². The highest BCUT2D eigenvalue weighted by molar-refractivity contribution is 5.93. The van der Waals surface area contributed by atoms with Crippen LogP contribution in [0.25, 0.3) is 0 Å². The number of nitro benzene ring substituents is 1. The molecule has 1 heterocycles. The number of piperidine rings is 1. The van der Waals surface area contributed by atoms with Crippen LogP contribution in [0.5, 0.6) is 0 Å². The number of hydrogen-bond donors (Lipinski definition) is 2. The van der Waals surface area contributed by atoms with Crippen molar-refractivity contribution < 1.29 is 24.1 Å². The first kappa shape index (κ1) is 16.9.